The average Bonchev–Trinajstić information content (AvgIpc) is 2.88. The molecule has 0 bridgehead atoms. The highest BCUT2D eigenvalue weighted by molar-refractivity contribution is 6.37. The van der Waals surface area contributed by atoms with Crippen molar-refractivity contribution in [1.29, 1.82) is 0 Å². The van der Waals surface area contributed by atoms with Crippen LogP contribution in [0.15, 0.2) is 35.1 Å². The Hall–Kier alpha value is -2.11. The summed E-state index contributed by atoms with van der Waals surface area (Å²) in [6.07, 6.45) is -0.000733. The van der Waals surface area contributed by atoms with Crippen LogP contribution in [-0.4, -0.2) is 16.1 Å². The van der Waals surface area contributed by atoms with E-state index in [1.54, 1.807) is 0 Å². The van der Waals surface area contributed by atoms with Gasteiger partial charge in [-0.3, -0.25) is 0 Å². The predicted molar refractivity (Wildman–Crippen MR) is 98.5 cm³/mol. The second-order valence-electron chi connectivity index (χ2n) is 5.75. The molecule has 1 heterocycles. The molecule has 2 aromatic carbocycles. The standard InChI is InChI=1S/C17H17Cl2N3O2/c1-9(2)24-16-12(18)5-10(6-13(16)19)8-20-11-3-4-14-15(7-11)22-17(23)21-14/h3-7,9,20H,8H2,1-2H3,(H2,21,22,23). The summed E-state index contributed by atoms with van der Waals surface area (Å²) in [5.41, 5.74) is 3.12. The highest BCUT2D eigenvalue weighted by Crippen LogP contribution is 2.35. The fraction of sp³-hybridized carbons (Fsp3) is 0.235. The monoisotopic (exact) mass is 365 g/mol. The van der Waals surface area contributed by atoms with Crippen molar-refractivity contribution >= 4 is 39.9 Å². The molecule has 0 atom stereocenters. The fourth-order valence-electron chi connectivity index (χ4n) is 2.41. The predicted octanol–water partition coefficient (Wildman–Crippen LogP) is 4.56. The molecule has 0 aliphatic rings. The molecule has 0 unspecified atom stereocenters. The summed E-state index contributed by atoms with van der Waals surface area (Å²) >= 11 is 12.5. The van der Waals surface area contributed by atoms with E-state index in [0.717, 1.165) is 22.3 Å². The number of hydrogen-bond acceptors (Lipinski definition) is 3. The lowest BCUT2D eigenvalue weighted by Crippen LogP contribution is -2.07. The topological polar surface area (TPSA) is 69.9 Å². The van der Waals surface area contributed by atoms with Crippen molar-refractivity contribution in [2.24, 2.45) is 0 Å². The molecule has 3 rings (SSSR count). The van der Waals surface area contributed by atoms with Crippen molar-refractivity contribution in [1.82, 2.24) is 9.97 Å². The van der Waals surface area contributed by atoms with Crippen LogP contribution in [0.3, 0.4) is 0 Å². The number of benzene rings is 2. The Morgan fingerprint density at radius 1 is 1.08 bits per heavy atom. The van der Waals surface area contributed by atoms with Gasteiger partial charge in [-0.05, 0) is 49.7 Å². The first-order valence-electron chi connectivity index (χ1n) is 7.53. The maximum Gasteiger partial charge on any atom is 0.323 e. The number of anilines is 1. The third-order valence-electron chi connectivity index (χ3n) is 3.42. The highest BCUT2D eigenvalue weighted by atomic mass is 35.5. The largest absolute Gasteiger partial charge is 0.488 e. The van der Waals surface area contributed by atoms with Gasteiger partial charge in [-0.25, -0.2) is 4.79 Å². The molecule has 0 radical (unpaired) electrons. The zero-order valence-electron chi connectivity index (χ0n) is 13.2. The van der Waals surface area contributed by atoms with Crippen LogP contribution >= 0.6 is 23.2 Å². The molecule has 0 saturated heterocycles. The van der Waals surface area contributed by atoms with Gasteiger partial charge in [-0.2, -0.15) is 0 Å². The summed E-state index contributed by atoms with van der Waals surface area (Å²) in [7, 11) is 0. The van der Waals surface area contributed by atoms with Crippen molar-refractivity contribution in [2.45, 2.75) is 26.5 Å². The lowest BCUT2D eigenvalue weighted by atomic mass is 10.2. The number of halogens is 2. The van der Waals surface area contributed by atoms with Crippen molar-refractivity contribution in [3.63, 3.8) is 0 Å². The van der Waals surface area contributed by atoms with Crippen molar-refractivity contribution in [3.8, 4) is 5.75 Å². The molecule has 3 N–H and O–H groups in total. The zero-order valence-corrected chi connectivity index (χ0v) is 14.8. The minimum absolute atomic E-state index is 0.000733. The summed E-state index contributed by atoms with van der Waals surface area (Å²) in [4.78, 5) is 16.7. The van der Waals surface area contributed by atoms with Gasteiger partial charge < -0.3 is 20.0 Å². The Labute approximate surface area is 148 Å². The van der Waals surface area contributed by atoms with Crippen LogP contribution in [0.2, 0.25) is 10.0 Å². The molecular formula is C17H17Cl2N3O2. The highest BCUT2D eigenvalue weighted by Gasteiger charge is 2.11. The smallest absolute Gasteiger partial charge is 0.323 e. The second kappa shape index (κ2) is 6.79. The van der Waals surface area contributed by atoms with Crippen molar-refractivity contribution < 1.29 is 4.74 Å². The molecule has 0 fully saturated rings. The number of imidazole rings is 1. The van der Waals surface area contributed by atoms with Gasteiger partial charge in [0, 0.05) is 12.2 Å². The zero-order chi connectivity index (χ0) is 17.3. The molecule has 0 saturated carbocycles. The number of ether oxygens (including phenoxy) is 1. The number of nitrogens with one attached hydrogen (secondary N) is 3. The Morgan fingerprint density at radius 2 is 1.75 bits per heavy atom. The van der Waals surface area contributed by atoms with Gasteiger partial charge in [0.05, 0.1) is 27.2 Å². The van der Waals surface area contributed by atoms with E-state index in [1.165, 1.54) is 0 Å². The van der Waals surface area contributed by atoms with Crippen molar-refractivity contribution in [3.05, 3.63) is 56.4 Å². The van der Waals surface area contributed by atoms with Crippen molar-refractivity contribution in [2.75, 3.05) is 5.32 Å². The van der Waals surface area contributed by atoms with E-state index < -0.39 is 0 Å². The minimum atomic E-state index is -0.221. The van der Waals surface area contributed by atoms with E-state index in [1.807, 2.05) is 44.2 Å². The summed E-state index contributed by atoms with van der Waals surface area (Å²) in [5.74, 6) is 0.503. The van der Waals surface area contributed by atoms with Gasteiger partial charge in [0.15, 0.2) is 5.75 Å². The van der Waals surface area contributed by atoms with Crippen LogP contribution in [-0.2, 0) is 6.54 Å². The van der Waals surface area contributed by atoms with Gasteiger partial charge >= 0.3 is 5.69 Å². The number of fused-ring (bicyclic) bond motifs is 1. The number of hydrogen-bond donors (Lipinski definition) is 3. The normalized spacial score (nSPS) is 11.2. The van der Waals surface area contributed by atoms with Gasteiger partial charge in [0.1, 0.15) is 0 Å². The van der Waals surface area contributed by atoms with E-state index >= 15 is 0 Å². The molecule has 5 nitrogen and oxygen atoms in total. The molecule has 3 aromatic rings. The number of aromatic nitrogens is 2. The lowest BCUT2D eigenvalue weighted by Gasteiger charge is -2.15. The summed E-state index contributed by atoms with van der Waals surface area (Å²) in [6.45, 7) is 4.38. The first-order chi connectivity index (χ1) is 11.4. The minimum Gasteiger partial charge on any atom is -0.488 e. The third-order valence-corrected chi connectivity index (χ3v) is 3.99. The Balaban J connectivity index is 1.76. The molecule has 0 amide bonds. The van der Waals surface area contributed by atoms with E-state index in [0.29, 0.717) is 22.3 Å². The van der Waals surface area contributed by atoms with Gasteiger partial charge in [-0.15, -0.1) is 0 Å². The van der Waals surface area contributed by atoms with Crippen LogP contribution in [0.1, 0.15) is 19.4 Å². The lowest BCUT2D eigenvalue weighted by molar-refractivity contribution is 0.242. The number of H-pyrrole nitrogens is 2. The molecule has 0 aliphatic heterocycles. The Bertz CT molecular complexity index is 908. The molecule has 0 spiro atoms. The van der Waals surface area contributed by atoms with Gasteiger partial charge in [0.25, 0.3) is 0 Å². The van der Waals surface area contributed by atoms with Gasteiger partial charge in [0.2, 0.25) is 0 Å². The molecular weight excluding hydrogens is 349 g/mol. The summed E-state index contributed by atoms with van der Waals surface area (Å²) in [6, 6.07) is 9.26. The number of rotatable bonds is 5. The summed E-state index contributed by atoms with van der Waals surface area (Å²) in [5, 5.41) is 4.25. The third kappa shape index (κ3) is 3.68. The number of aromatic amines is 2. The Morgan fingerprint density at radius 3 is 2.42 bits per heavy atom. The average molecular weight is 366 g/mol. The first-order valence-corrected chi connectivity index (χ1v) is 8.28. The maximum absolute atomic E-state index is 11.3. The fourth-order valence-corrected chi connectivity index (χ4v) is 3.03. The maximum atomic E-state index is 11.3. The van der Waals surface area contributed by atoms with Crippen LogP contribution in [0, 0.1) is 0 Å². The van der Waals surface area contributed by atoms with Crippen LogP contribution in [0.4, 0.5) is 5.69 Å². The molecule has 1 aromatic heterocycles. The van der Waals surface area contributed by atoms with Crippen LogP contribution < -0.4 is 15.7 Å². The van der Waals surface area contributed by atoms with Gasteiger partial charge in [-0.1, -0.05) is 23.2 Å². The van der Waals surface area contributed by atoms with E-state index in [4.69, 9.17) is 27.9 Å². The molecule has 7 heteroatoms. The van der Waals surface area contributed by atoms with Crippen LogP contribution in [0.5, 0.6) is 5.75 Å². The quantitative estimate of drug-likeness (QED) is 0.620. The first kappa shape index (κ1) is 16.7. The van der Waals surface area contributed by atoms with E-state index in [-0.39, 0.29) is 11.8 Å². The van der Waals surface area contributed by atoms with E-state index in [2.05, 4.69) is 15.3 Å². The second-order valence-corrected chi connectivity index (χ2v) is 6.56. The summed E-state index contributed by atoms with van der Waals surface area (Å²) < 4.78 is 5.62. The van der Waals surface area contributed by atoms with Crippen LogP contribution in [0.25, 0.3) is 11.0 Å². The molecule has 126 valence electrons. The Kier molecular flexibility index (Phi) is 4.73. The molecule has 24 heavy (non-hydrogen) atoms. The molecule has 0 aliphatic carbocycles. The SMILES string of the molecule is CC(C)Oc1c(Cl)cc(CNc2ccc3[nH]c(=O)[nH]c3c2)cc1Cl. The van der Waals surface area contributed by atoms with E-state index in [9.17, 15) is 4.79 Å².